The molecule has 1 aliphatic heterocycles. The molecule has 8 nitrogen and oxygen atoms in total. The number of aryl methyl sites for hydroxylation is 1. The number of imidazole rings is 1. The van der Waals surface area contributed by atoms with Gasteiger partial charge in [0.1, 0.15) is 11.4 Å². The van der Waals surface area contributed by atoms with Crippen LogP contribution in [0.2, 0.25) is 0 Å². The second-order valence-corrected chi connectivity index (χ2v) is 9.85. The van der Waals surface area contributed by atoms with Gasteiger partial charge in [0.25, 0.3) is 0 Å². The van der Waals surface area contributed by atoms with E-state index in [1.165, 1.54) is 6.07 Å². The zero-order valence-corrected chi connectivity index (χ0v) is 20.1. The third-order valence-corrected chi connectivity index (χ3v) is 7.59. The molecule has 0 radical (unpaired) electrons. The zero-order chi connectivity index (χ0) is 25.7. The van der Waals surface area contributed by atoms with Crippen molar-refractivity contribution < 1.29 is 23.4 Å². The van der Waals surface area contributed by atoms with Crippen molar-refractivity contribution in [1.29, 1.82) is 0 Å². The Bertz CT molecular complexity index is 1490. The molecule has 2 aliphatic rings. The van der Waals surface area contributed by atoms with Gasteiger partial charge in [-0.2, -0.15) is 8.78 Å². The highest BCUT2D eigenvalue weighted by molar-refractivity contribution is 5.75. The fourth-order valence-corrected chi connectivity index (χ4v) is 5.48. The molecular weight excluding hydrogens is 480 g/mol. The van der Waals surface area contributed by atoms with Crippen molar-refractivity contribution in [2.75, 3.05) is 18.0 Å². The summed E-state index contributed by atoms with van der Waals surface area (Å²) in [5, 5.41) is 9.33. The van der Waals surface area contributed by atoms with Crippen LogP contribution < -0.4 is 9.64 Å². The number of aromatic nitrogens is 4. The highest BCUT2D eigenvalue weighted by atomic mass is 19.3. The van der Waals surface area contributed by atoms with Crippen LogP contribution in [0.1, 0.15) is 29.8 Å². The third kappa shape index (κ3) is 4.26. The summed E-state index contributed by atoms with van der Waals surface area (Å²) < 4.78 is 32.5. The summed E-state index contributed by atoms with van der Waals surface area (Å²) >= 11 is 0. The van der Waals surface area contributed by atoms with Gasteiger partial charge in [-0.15, -0.1) is 0 Å². The predicted molar refractivity (Wildman–Crippen MR) is 132 cm³/mol. The van der Waals surface area contributed by atoms with Crippen LogP contribution in [0.3, 0.4) is 0 Å². The number of hydrogen-bond donors (Lipinski definition) is 1. The van der Waals surface area contributed by atoms with Gasteiger partial charge in [-0.05, 0) is 38.0 Å². The van der Waals surface area contributed by atoms with Crippen molar-refractivity contribution in [2.24, 2.45) is 11.3 Å². The van der Waals surface area contributed by atoms with Crippen molar-refractivity contribution in [3.63, 3.8) is 0 Å². The van der Waals surface area contributed by atoms with E-state index >= 15 is 0 Å². The van der Waals surface area contributed by atoms with Crippen LogP contribution in [0.25, 0.3) is 16.8 Å². The number of hydrogen-bond acceptors (Lipinski definition) is 6. The second-order valence-electron chi connectivity index (χ2n) is 9.85. The summed E-state index contributed by atoms with van der Waals surface area (Å²) in [4.78, 5) is 27.2. The number of rotatable bonds is 7. The van der Waals surface area contributed by atoms with Gasteiger partial charge in [0, 0.05) is 65.9 Å². The maximum Gasteiger partial charge on any atom is 0.387 e. The number of alkyl halides is 2. The molecule has 1 N–H and O–H groups in total. The lowest BCUT2D eigenvalue weighted by Gasteiger charge is -2.16. The van der Waals surface area contributed by atoms with Gasteiger partial charge in [-0.25, -0.2) is 15.0 Å². The molecule has 0 amide bonds. The van der Waals surface area contributed by atoms with Crippen LogP contribution >= 0.6 is 0 Å². The number of carbonyl (C=O) groups is 1. The van der Waals surface area contributed by atoms with Crippen molar-refractivity contribution in [3.8, 4) is 16.9 Å². The molecule has 3 aromatic heterocycles. The van der Waals surface area contributed by atoms with Crippen LogP contribution in [-0.4, -0.2) is 50.1 Å². The van der Waals surface area contributed by atoms with Crippen molar-refractivity contribution in [1.82, 2.24) is 19.4 Å². The Labute approximate surface area is 211 Å². The molecule has 6 rings (SSSR count). The van der Waals surface area contributed by atoms with Crippen molar-refractivity contribution in [3.05, 3.63) is 71.9 Å². The van der Waals surface area contributed by atoms with Gasteiger partial charge in [0.2, 0.25) is 5.95 Å². The van der Waals surface area contributed by atoms with E-state index in [0.717, 1.165) is 47.5 Å². The number of halogens is 2. The van der Waals surface area contributed by atoms with Crippen LogP contribution in [0.5, 0.6) is 5.75 Å². The Kier molecular flexibility index (Phi) is 5.54. The summed E-state index contributed by atoms with van der Waals surface area (Å²) in [5.74, 6) is -0.220. The number of benzene rings is 1. The fourth-order valence-electron chi connectivity index (χ4n) is 5.48. The SMILES string of the molecule is Cc1nc2ccc(-c3cnc(N4CCC5(CC5C(=O)O)C4)nc3)cn2c1Cc1ccccc1OC(F)F. The Balaban J connectivity index is 1.25. The molecule has 2 unspecified atom stereocenters. The minimum absolute atomic E-state index is 0.131. The lowest BCUT2D eigenvalue weighted by molar-refractivity contribution is -0.139. The van der Waals surface area contributed by atoms with Crippen LogP contribution in [0, 0.1) is 18.3 Å². The maximum atomic E-state index is 12.9. The van der Waals surface area contributed by atoms with E-state index in [1.807, 2.05) is 29.7 Å². The van der Waals surface area contributed by atoms with Gasteiger partial charge in [0.05, 0.1) is 11.6 Å². The first-order chi connectivity index (χ1) is 17.8. The van der Waals surface area contributed by atoms with Gasteiger partial charge >= 0.3 is 12.6 Å². The molecule has 2 fully saturated rings. The van der Waals surface area contributed by atoms with Crippen LogP contribution in [-0.2, 0) is 11.2 Å². The maximum absolute atomic E-state index is 12.9. The molecule has 1 spiro atoms. The molecule has 1 saturated heterocycles. The van der Waals surface area contributed by atoms with E-state index in [-0.39, 0.29) is 17.1 Å². The number of carboxylic acid groups (broad SMARTS) is 1. The Morgan fingerprint density at radius 2 is 1.97 bits per heavy atom. The molecule has 0 bridgehead atoms. The number of para-hydroxylation sites is 1. The normalized spacial score (nSPS) is 20.8. The van der Waals surface area contributed by atoms with E-state index < -0.39 is 12.6 Å². The first kappa shape index (κ1) is 23.3. The van der Waals surface area contributed by atoms with E-state index in [1.54, 1.807) is 30.6 Å². The minimum atomic E-state index is -2.90. The van der Waals surface area contributed by atoms with E-state index in [0.29, 0.717) is 24.5 Å². The Morgan fingerprint density at radius 3 is 2.70 bits per heavy atom. The predicted octanol–water partition coefficient (Wildman–Crippen LogP) is 4.59. The molecule has 4 heterocycles. The second kappa shape index (κ2) is 8.79. The molecular formula is C27H25F2N5O3. The van der Waals surface area contributed by atoms with E-state index in [9.17, 15) is 18.7 Å². The molecule has 10 heteroatoms. The van der Waals surface area contributed by atoms with Gasteiger partial charge in [-0.3, -0.25) is 4.79 Å². The van der Waals surface area contributed by atoms with Crippen molar-refractivity contribution >= 4 is 17.6 Å². The average molecular weight is 506 g/mol. The minimum Gasteiger partial charge on any atom is -0.481 e. The van der Waals surface area contributed by atoms with E-state index in [2.05, 4.69) is 19.9 Å². The molecule has 1 saturated carbocycles. The molecule has 1 aromatic carbocycles. The lowest BCUT2D eigenvalue weighted by atomic mass is 10.0. The zero-order valence-electron chi connectivity index (χ0n) is 20.1. The fraction of sp³-hybridized carbons (Fsp3) is 0.333. The number of pyridine rings is 1. The summed E-state index contributed by atoms with van der Waals surface area (Å²) in [6, 6.07) is 10.6. The summed E-state index contributed by atoms with van der Waals surface area (Å²) in [5.41, 5.74) is 4.66. The van der Waals surface area contributed by atoms with Gasteiger partial charge < -0.3 is 19.1 Å². The number of fused-ring (bicyclic) bond motifs is 1. The average Bonchev–Trinajstić information content (AvgIpc) is 3.28. The number of anilines is 1. The number of nitrogens with zero attached hydrogens (tertiary/aromatic N) is 5. The largest absolute Gasteiger partial charge is 0.481 e. The molecule has 4 aromatic rings. The van der Waals surface area contributed by atoms with Crippen LogP contribution in [0.4, 0.5) is 14.7 Å². The third-order valence-electron chi connectivity index (χ3n) is 7.59. The summed E-state index contributed by atoms with van der Waals surface area (Å²) in [6.07, 6.45) is 7.44. The lowest BCUT2D eigenvalue weighted by Crippen LogP contribution is -2.23. The van der Waals surface area contributed by atoms with Crippen LogP contribution in [0.15, 0.2) is 55.0 Å². The molecule has 190 valence electrons. The summed E-state index contributed by atoms with van der Waals surface area (Å²) in [6.45, 7) is 0.425. The molecule has 37 heavy (non-hydrogen) atoms. The first-order valence-corrected chi connectivity index (χ1v) is 12.1. The molecule has 1 aliphatic carbocycles. The highest BCUT2D eigenvalue weighted by Crippen LogP contribution is 2.58. The Hall–Kier alpha value is -4.08. The standard InChI is InChI=1S/C27H25F2N5O3/c1-16-21(10-17-4-2-3-5-22(17)37-25(28)29)34-14-18(6-7-23(34)32-16)19-12-30-26(31-13-19)33-9-8-27(15-33)11-20(27)24(35)36/h2-7,12-14,20,25H,8-11,15H2,1H3,(H,35,36). The molecule has 2 atom stereocenters. The summed E-state index contributed by atoms with van der Waals surface area (Å²) in [7, 11) is 0. The first-order valence-electron chi connectivity index (χ1n) is 12.1. The highest BCUT2D eigenvalue weighted by Gasteiger charge is 2.61. The number of carboxylic acids is 1. The van der Waals surface area contributed by atoms with Crippen molar-refractivity contribution in [2.45, 2.75) is 32.8 Å². The van der Waals surface area contributed by atoms with Gasteiger partial charge in [-0.1, -0.05) is 18.2 Å². The smallest absolute Gasteiger partial charge is 0.387 e. The van der Waals surface area contributed by atoms with Gasteiger partial charge in [0.15, 0.2) is 0 Å². The quantitative estimate of drug-likeness (QED) is 0.393. The monoisotopic (exact) mass is 505 g/mol. The topological polar surface area (TPSA) is 92.9 Å². The van der Waals surface area contributed by atoms with E-state index in [4.69, 9.17) is 4.74 Å². The number of ether oxygens (including phenoxy) is 1. The Morgan fingerprint density at radius 1 is 1.19 bits per heavy atom. The number of aliphatic carboxylic acids is 1.